The lowest BCUT2D eigenvalue weighted by atomic mass is 10.3. The van der Waals surface area contributed by atoms with Crippen molar-refractivity contribution >= 4 is 40.8 Å². The van der Waals surface area contributed by atoms with Gasteiger partial charge < -0.3 is 9.64 Å². The summed E-state index contributed by atoms with van der Waals surface area (Å²) in [4.78, 5) is 12.0. The highest BCUT2D eigenvalue weighted by atomic mass is 35.5. The molecule has 22 heavy (non-hydrogen) atoms. The Morgan fingerprint density at radius 3 is 2.55 bits per heavy atom. The maximum absolute atomic E-state index is 6.07. The molecule has 0 bridgehead atoms. The smallest absolute Gasteiger partial charge is 0.224 e. The molecule has 1 fully saturated rings. The van der Waals surface area contributed by atoms with Gasteiger partial charge in [0, 0.05) is 35.9 Å². The highest BCUT2D eigenvalue weighted by Crippen LogP contribution is 2.19. The molecule has 1 aliphatic rings. The Balaban J connectivity index is 1.70. The Morgan fingerprint density at radius 1 is 1.09 bits per heavy atom. The topological polar surface area (TPSA) is 38.2 Å². The zero-order valence-corrected chi connectivity index (χ0v) is 14.3. The normalized spacial score (nSPS) is 15.1. The molecule has 2 heterocycles. The van der Waals surface area contributed by atoms with Crippen LogP contribution in [0.3, 0.4) is 0 Å². The molecule has 0 saturated carbocycles. The van der Waals surface area contributed by atoms with Crippen LogP contribution in [0.5, 0.6) is 0 Å². The van der Waals surface area contributed by atoms with Gasteiger partial charge in [-0.05, 0) is 35.9 Å². The summed E-state index contributed by atoms with van der Waals surface area (Å²) in [7, 11) is 0. The van der Waals surface area contributed by atoms with E-state index < -0.39 is 0 Å². The van der Waals surface area contributed by atoms with Gasteiger partial charge in [0.25, 0.3) is 0 Å². The minimum Gasteiger partial charge on any atom is -0.378 e. The van der Waals surface area contributed by atoms with E-state index in [0.29, 0.717) is 5.28 Å². The quantitative estimate of drug-likeness (QED) is 0.479. The number of aromatic nitrogens is 2. The predicted octanol–water partition coefficient (Wildman–Crippen LogP) is 2.99. The van der Waals surface area contributed by atoms with Crippen molar-refractivity contribution in [1.29, 1.82) is 0 Å². The molecule has 1 aromatic carbocycles. The molecule has 1 aliphatic heterocycles. The second-order valence-electron chi connectivity index (χ2n) is 4.88. The van der Waals surface area contributed by atoms with E-state index in [4.69, 9.17) is 27.9 Å². The van der Waals surface area contributed by atoms with Gasteiger partial charge in [-0.15, -0.1) is 0 Å². The summed E-state index contributed by atoms with van der Waals surface area (Å²) in [5.74, 6) is 1.67. The van der Waals surface area contributed by atoms with Crippen LogP contribution < -0.4 is 4.90 Å². The third kappa shape index (κ3) is 4.26. The molecule has 0 unspecified atom stereocenters. The summed E-state index contributed by atoms with van der Waals surface area (Å²) in [6, 6.07) is 9.86. The number of hydrogen-bond acceptors (Lipinski definition) is 4. The van der Waals surface area contributed by atoms with Crippen molar-refractivity contribution in [2.45, 2.75) is 10.6 Å². The highest BCUT2D eigenvalue weighted by Gasteiger charge is 2.16. The maximum atomic E-state index is 6.07. The number of rotatable bonds is 4. The zero-order chi connectivity index (χ0) is 15.4. The lowest BCUT2D eigenvalue weighted by Gasteiger charge is -2.27. The van der Waals surface area contributed by atoms with Crippen LogP contribution in [0.1, 0.15) is 5.69 Å². The van der Waals surface area contributed by atoms with Crippen LogP contribution >= 0.6 is 23.2 Å². The van der Waals surface area contributed by atoms with Crippen LogP contribution in [0.15, 0.2) is 35.2 Å². The molecule has 1 aromatic heterocycles. The summed E-state index contributed by atoms with van der Waals surface area (Å²) in [6.07, 6.45) is 0. The van der Waals surface area contributed by atoms with Crippen molar-refractivity contribution in [3.05, 3.63) is 46.3 Å². The fraction of sp³-hybridized carbons (Fsp3) is 0.333. The number of nitrogens with zero attached hydrogens (tertiary/aromatic N) is 3. The molecular formula is C15H16Cl2N3OS+. The van der Waals surface area contributed by atoms with Gasteiger partial charge in [-0.3, -0.25) is 0 Å². The van der Waals surface area contributed by atoms with Crippen LogP contribution in [0.2, 0.25) is 10.3 Å². The summed E-state index contributed by atoms with van der Waals surface area (Å²) >= 11 is 13.1. The van der Waals surface area contributed by atoms with E-state index in [1.807, 2.05) is 30.3 Å². The lowest BCUT2D eigenvalue weighted by Crippen LogP contribution is -2.36. The molecule has 4 nitrogen and oxygen atoms in total. The molecule has 0 radical (unpaired) electrons. The average Bonchev–Trinajstić information content (AvgIpc) is 2.55. The fourth-order valence-electron chi connectivity index (χ4n) is 2.21. The van der Waals surface area contributed by atoms with Crippen molar-refractivity contribution < 1.29 is 4.74 Å². The Hall–Kier alpha value is -1.01. The molecule has 3 rings (SSSR count). The number of anilines is 1. The molecular weight excluding hydrogens is 341 g/mol. The molecule has 0 N–H and O–H groups in total. The van der Waals surface area contributed by atoms with Crippen LogP contribution in [0.25, 0.3) is 0 Å². The summed E-state index contributed by atoms with van der Waals surface area (Å²) in [6.45, 7) is 3.11. The van der Waals surface area contributed by atoms with Crippen molar-refractivity contribution in [3.63, 3.8) is 0 Å². The van der Waals surface area contributed by atoms with Gasteiger partial charge in [0.15, 0.2) is 10.6 Å². The summed E-state index contributed by atoms with van der Waals surface area (Å²) in [5.41, 5.74) is 0.943. The van der Waals surface area contributed by atoms with Crippen LogP contribution in [-0.2, 0) is 22.3 Å². The van der Waals surface area contributed by atoms with E-state index in [1.165, 1.54) is 4.90 Å². The Kier molecular flexibility index (Phi) is 5.41. The fourth-order valence-corrected chi connectivity index (χ4v) is 3.39. The first-order chi connectivity index (χ1) is 10.7. The van der Waals surface area contributed by atoms with E-state index in [9.17, 15) is 0 Å². The molecule has 0 amide bonds. The molecule has 0 atom stereocenters. The first-order valence-electron chi connectivity index (χ1n) is 7.00. The Labute approximate surface area is 143 Å². The van der Waals surface area contributed by atoms with E-state index in [0.717, 1.165) is 60.4 Å². The summed E-state index contributed by atoms with van der Waals surface area (Å²) in [5, 5.41) is 1.05. The highest BCUT2D eigenvalue weighted by molar-refractivity contribution is 7.77. The Morgan fingerprint density at radius 2 is 1.82 bits per heavy atom. The Bertz CT molecular complexity index is 633. The van der Waals surface area contributed by atoms with Crippen molar-refractivity contribution in [2.75, 3.05) is 31.2 Å². The minimum absolute atomic E-state index is 0.297. The monoisotopic (exact) mass is 356 g/mol. The first kappa shape index (κ1) is 15.9. The maximum Gasteiger partial charge on any atom is 0.224 e. The van der Waals surface area contributed by atoms with Crippen LogP contribution in [-0.4, -0.2) is 36.3 Å². The summed E-state index contributed by atoms with van der Waals surface area (Å²) < 4.78 is 5.37. The third-order valence-corrected chi connectivity index (χ3v) is 4.89. The number of benzene rings is 1. The number of halogens is 2. The molecule has 2 aromatic rings. The average molecular weight is 357 g/mol. The van der Waals surface area contributed by atoms with Crippen LogP contribution in [0.4, 0.5) is 5.82 Å². The van der Waals surface area contributed by atoms with E-state index in [1.54, 1.807) is 0 Å². The van der Waals surface area contributed by atoms with Gasteiger partial charge in [-0.2, -0.15) is 0 Å². The van der Waals surface area contributed by atoms with Gasteiger partial charge in [-0.25, -0.2) is 9.97 Å². The van der Waals surface area contributed by atoms with Gasteiger partial charge >= 0.3 is 0 Å². The van der Waals surface area contributed by atoms with Crippen LogP contribution in [0, 0.1) is 0 Å². The largest absolute Gasteiger partial charge is 0.378 e. The second kappa shape index (κ2) is 7.51. The number of ether oxygens (including phenoxy) is 1. The van der Waals surface area contributed by atoms with E-state index in [2.05, 4.69) is 14.9 Å². The molecule has 0 aliphatic carbocycles. The number of thiol groups is 1. The van der Waals surface area contributed by atoms with Gasteiger partial charge in [-0.1, -0.05) is 11.6 Å². The first-order valence-corrected chi connectivity index (χ1v) is 8.83. The second-order valence-corrected chi connectivity index (χ2v) is 6.80. The lowest BCUT2D eigenvalue weighted by molar-refractivity contribution is 0.122. The van der Waals surface area contributed by atoms with E-state index >= 15 is 0 Å². The van der Waals surface area contributed by atoms with Crippen molar-refractivity contribution in [1.82, 2.24) is 9.97 Å². The molecule has 0 spiro atoms. The number of morpholine rings is 1. The SMILES string of the molecule is Clc1ccc([SH+]Cc2cc(N3CCOCC3)nc(Cl)n2)cc1. The molecule has 116 valence electrons. The third-order valence-electron chi connectivity index (χ3n) is 3.32. The minimum atomic E-state index is 0.297. The van der Waals surface area contributed by atoms with Crippen molar-refractivity contribution in [3.8, 4) is 0 Å². The van der Waals surface area contributed by atoms with Gasteiger partial charge in [0.2, 0.25) is 5.28 Å². The zero-order valence-electron chi connectivity index (χ0n) is 11.9. The van der Waals surface area contributed by atoms with Crippen molar-refractivity contribution in [2.24, 2.45) is 0 Å². The number of hydrogen-bond donors (Lipinski definition) is 0. The van der Waals surface area contributed by atoms with Gasteiger partial charge in [0.05, 0.1) is 18.9 Å². The molecule has 7 heteroatoms. The standard InChI is InChI=1S/C15H15Cl2N3OS/c16-11-1-3-13(4-2-11)22-10-12-9-14(19-15(17)18-12)20-5-7-21-8-6-20/h1-4,9H,5-8,10H2/p+1. The van der Waals surface area contributed by atoms with Gasteiger partial charge in [0.1, 0.15) is 5.82 Å². The van der Waals surface area contributed by atoms with E-state index in [-0.39, 0.29) is 0 Å². The molecule has 1 saturated heterocycles. The predicted molar refractivity (Wildman–Crippen MR) is 92.3 cm³/mol.